The zero-order valence-electron chi connectivity index (χ0n) is 34.2. The van der Waals surface area contributed by atoms with Crippen LogP contribution in [0, 0.1) is 17.8 Å². The van der Waals surface area contributed by atoms with E-state index in [1.165, 1.54) is 14.0 Å². The number of rotatable bonds is 8. The van der Waals surface area contributed by atoms with E-state index in [1.54, 1.807) is 48.7 Å². The number of methoxy groups -OCH3 is 2. The average molecular weight is 749 g/mol. The first kappa shape index (κ1) is 45.4. The zero-order chi connectivity index (χ0) is 39.5. The summed E-state index contributed by atoms with van der Waals surface area (Å²) < 4.78 is 44.0. The number of cyclic esters (lactones) is 1. The third-order valence-electron chi connectivity index (χ3n) is 12.0. The van der Waals surface area contributed by atoms with Gasteiger partial charge in [-0.3, -0.25) is 4.79 Å². The second-order valence-corrected chi connectivity index (χ2v) is 16.9. The molecular weight excluding hydrogens is 676 g/mol. The van der Waals surface area contributed by atoms with Gasteiger partial charge in [-0.2, -0.15) is 0 Å². The van der Waals surface area contributed by atoms with Crippen LogP contribution in [0.15, 0.2) is 0 Å². The summed E-state index contributed by atoms with van der Waals surface area (Å²) >= 11 is 0. The molecule has 3 saturated heterocycles. The summed E-state index contributed by atoms with van der Waals surface area (Å²) in [6.45, 7) is 18.2. The van der Waals surface area contributed by atoms with Crippen LogP contribution < -0.4 is 5.32 Å². The van der Waals surface area contributed by atoms with E-state index in [0.717, 1.165) is 0 Å². The molecule has 18 unspecified atom stereocenters. The maximum Gasteiger partial charge on any atom is 0.311 e. The second kappa shape index (κ2) is 18.3. The number of esters is 1. The molecule has 306 valence electrons. The number of ether oxygens (including phenoxy) is 7. The molecule has 0 aliphatic carbocycles. The molecule has 5 N–H and O–H groups in total. The molecule has 0 bridgehead atoms. The van der Waals surface area contributed by atoms with E-state index in [-0.39, 0.29) is 37.3 Å². The minimum atomic E-state index is -1.79. The summed E-state index contributed by atoms with van der Waals surface area (Å²) in [6, 6.07) is -0.606. The SMILES string of the molecule is CCC1OC(=O)C(C)C(OC2CC(C)(OC)C(O)C(C)O2)C(C)C(OC2OC(C)CC(N(C)C)C2OC)C(C)(O)CC(C)CNC(C)C(O)C1(C)O. The van der Waals surface area contributed by atoms with E-state index in [9.17, 15) is 25.2 Å². The minimum absolute atomic E-state index is 0.0349. The number of carbonyl (C=O) groups excluding carboxylic acids is 1. The van der Waals surface area contributed by atoms with E-state index in [2.05, 4.69) is 10.2 Å². The van der Waals surface area contributed by atoms with Gasteiger partial charge >= 0.3 is 5.97 Å². The Kier molecular flexibility index (Phi) is 16.0. The van der Waals surface area contributed by atoms with Crippen molar-refractivity contribution in [1.29, 1.82) is 0 Å². The van der Waals surface area contributed by atoms with Gasteiger partial charge in [-0.05, 0) is 94.3 Å². The van der Waals surface area contributed by atoms with Gasteiger partial charge in [-0.25, -0.2) is 0 Å². The quantitative estimate of drug-likeness (QED) is 0.228. The summed E-state index contributed by atoms with van der Waals surface area (Å²) in [5.74, 6) is -2.46. The highest BCUT2D eigenvalue weighted by Gasteiger charge is 2.52. The smallest absolute Gasteiger partial charge is 0.311 e. The molecule has 14 nitrogen and oxygen atoms in total. The largest absolute Gasteiger partial charge is 0.459 e. The fraction of sp³-hybridized carbons (Fsp3) is 0.974. The molecule has 3 aliphatic rings. The molecule has 3 fully saturated rings. The summed E-state index contributed by atoms with van der Waals surface area (Å²) in [4.78, 5) is 16.3. The summed E-state index contributed by atoms with van der Waals surface area (Å²) in [7, 11) is 7.10. The fourth-order valence-electron chi connectivity index (χ4n) is 8.61. The third kappa shape index (κ3) is 10.2. The first-order valence-electron chi connectivity index (χ1n) is 19.1. The molecule has 0 aromatic rings. The number of likely N-dealkylation sites (N-methyl/N-ethyl adjacent to an activating group) is 1. The van der Waals surface area contributed by atoms with Gasteiger partial charge in [-0.1, -0.05) is 20.8 Å². The molecule has 18 atom stereocenters. The topological polar surface area (TPSA) is 178 Å². The number of aliphatic hydroxyl groups excluding tert-OH is 2. The van der Waals surface area contributed by atoms with Crippen molar-refractivity contribution in [2.45, 2.75) is 185 Å². The lowest BCUT2D eigenvalue weighted by Gasteiger charge is -2.49. The van der Waals surface area contributed by atoms with E-state index in [1.807, 2.05) is 34.9 Å². The van der Waals surface area contributed by atoms with Crippen molar-refractivity contribution in [2.24, 2.45) is 17.8 Å². The highest BCUT2D eigenvalue weighted by Crippen LogP contribution is 2.40. The second-order valence-electron chi connectivity index (χ2n) is 16.9. The molecule has 14 heteroatoms. The van der Waals surface area contributed by atoms with Crippen LogP contribution in [-0.4, -0.2) is 156 Å². The molecule has 0 aromatic heterocycles. The van der Waals surface area contributed by atoms with Gasteiger partial charge in [0.05, 0.1) is 41.5 Å². The van der Waals surface area contributed by atoms with Gasteiger partial charge in [-0.15, -0.1) is 0 Å². The Morgan fingerprint density at radius 2 is 1.56 bits per heavy atom. The standard InChI is InChI=1S/C38H72N2O12/c1-15-27-38(10,45)31(41)24(6)39-19-20(2)17-36(8,44)33(52-35-30(46-13)26(40(11)12)16-21(3)48-35)22(4)29(23(5)34(43)50-27)51-28-18-37(9,47-14)32(42)25(7)49-28/h20-33,35,39,41-42,44-45H,15-19H2,1-14H3. The van der Waals surface area contributed by atoms with Crippen molar-refractivity contribution in [3.63, 3.8) is 0 Å². The van der Waals surface area contributed by atoms with Crippen molar-refractivity contribution in [2.75, 3.05) is 34.9 Å². The Labute approximate surface area is 312 Å². The first-order valence-corrected chi connectivity index (χ1v) is 19.1. The van der Waals surface area contributed by atoms with Crippen molar-refractivity contribution in [3.05, 3.63) is 0 Å². The zero-order valence-corrected chi connectivity index (χ0v) is 34.2. The maximum absolute atomic E-state index is 14.2. The highest BCUT2D eigenvalue weighted by atomic mass is 16.7. The molecule has 3 rings (SSSR count). The Morgan fingerprint density at radius 3 is 2.12 bits per heavy atom. The summed E-state index contributed by atoms with van der Waals surface area (Å²) in [5.41, 5.74) is -4.29. The number of nitrogens with one attached hydrogen (secondary N) is 1. The van der Waals surface area contributed by atoms with Crippen LogP contribution in [0.2, 0.25) is 0 Å². The van der Waals surface area contributed by atoms with E-state index in [4.69, 9.17) is 33.2 Å². The Balaban J connectivity index is 2.17. The lowest BCUT2D eigenvalue weighted by atomic mass is 9.77. The molecule has 0 radical (unpaired) electrons. The van der Waals surface area contributed by atoms with Gasteiger partial charge in [0.1, 0.15) is 30.0 Å². The van der Waals surface area contributed by atoms with Crippen LogP contribution in [0.1, 0.15) is 94.9 Å². The molecule has 0 amide bonds. The van der Waals surface area contributed by atoms with Crippen LogP contribution in [0.4, 0.5) is 0 Å². The Morgan fingerprint density at radius 1 is 0.923 bits per heavy atom. The van der Waals surface area contributed by atoms with Crippen molar-refractivity contribution >= 4 is 5.97 Å². The number of hydrogen-bond donors (Lipinski definition) is 5. The van der Waals surface area contributed by atoms with E-state index in [0.29, 0.717) is 13.0 Å². The lowest BCUT2D eigenvalue weighted by molar-refractivity contribution is -0.319. The maximum atomic E-state index is 14.2. The van der Waals surface area contributed by atoms with Gasteiger partial charge in [0, 0.05) is 38.6 Å². The van der Waals surface area contributed by atoms with Gasteiger partial charge < -0.3 is 63.8 Å². The number of carbonyl (C=O) groups is 1. The number of hydrogen-bond acceptors (Lipinski definition) is 14. The van der Waals surface area contributed by atoms with Crippen LogP contribution in [-0.2, 0) is 38.0 Å². The van der Waals surface area contributed by atoms with Gasteiger partial charge in [0.15, 0.2) is 12.6 Å². The minimum Gasteiger partial charge on any atom is -0.459 e. The van der Waals surface area contributed by atoms with E-state index < -0.39 is 96.0 Å². The highest BCUT2D eigenvalue weighted by molar-refractivity contribution is 5.73. The van der Waals surface area contributed by atoms with Crippen molar-refractivity contribution in [1.82, 2.24) is 10.2 Å². The Bertz CT molecular complexity index is 1130. The summed E-state index contributed by atoms with van der Waals surface area (Å²) in [6.07, 6.45) is -6.93. The molecular formula is C38H72N2O12. The van der Waals surface area contributed by atoms with Crippen LogP contribution in [0.3, 0.4) is 0 Å². The fourth-order valence-corrected chi connectivity index (χ4v) is 8.61. The van der Waals surface area contributed by atoms with Crippen LogP contribution in [0.25, 0.3) is 0 Å². The van der Waals surface area contributed by atoms with Crippen LogP contribution in [0.5, 0.6) is 0 Å². The Hall–Kier alpha value is -1.01. The lowest BCUT2D eigenvalue weighted by Crippen LogP contribution is -2.61. The predicted octanol–water partition coefficient (Wildman–Crippen LogP) is 2.21. The third-order valence-corrected chi connectivity index (χ3v) is 12.0. The van der Waals surface area contributed by atoms with E-state index >= 15 is 0 Å². The van der Waals surface area contributed by atoms with Gasteiger partial charge in [0.2, 0.25) is 0 Å². The van der Waals surface area contributed by atoms with Crippen molar-refractivity contribution in [3.8, 4) is 0 Å². The molecule has 0 spiro atoms. The monoisotopic (exact) mass is 749 g/mol. The molecule has 3 heterocycles. The van der Waals surface area contributed by atoms with Crippen LogP contribution >= 0.6 is 0 Å². The molecule has 0 saturated carbocycles. The molecule has 0 aromatic carbocycles. The number of aliphatic hydroxyl groups is 4. The number of nitrogens with zero attached hydrogens (tertiary/aromatic N) is 1. The molecule has 52 heavy (non-hydrogen) atoms. The summed E-state index contributed by atoms with van der Waals surface area (Å²) in [5, 5.41) is 49.7. The predicted molar refractivity (Wildman–Crippen MR) is 194 cm³/mol. The average Bonchev–Trinajstić information content (AvgIpc) is 3.07. The molecule has 3 aliphatic heterocycles. The van der Waals surface area contributed by atoms with Crippen molar-refractivity contribution < 1.29 is 58.4 Å². The normalized spacial score (nSPS) is 49.2. The van der Waals surface area contributed by atoms with Gasteiger partial charge in [0.25, 0.3) is 0 Å². The first-order chi connectivity index (χ1) is 24.0.